The zero-order chi connectivity index (χ0) is 13.9. The molecule has 0 aliphatic carbocycles. The van der Waals surface area contributed by atoms with Gasteiger partial charge in [-0.25, -0.2) is 0 Å². The van der Waals surface area contributed by atoms with Gasteiger partial charge in [0.2, 0.25) is 0 Å². The molecule has 1 heterocycles. The molecule has 1 aromatic carbocycles. The van der Waals surface area contributed by atoms with E-state index in [-0.39, 0.29) is 5.41 Å². The number of nitrogens with two attached hydrogens (primary N) is 1. The molecule has 2 rings (SSSR count). The second kappa shape index (κ2) is 5.53. The van der Waals surface area contributed by atoms with E-state index in [0.29, 0.717) is 11.4 Å². The molecule has 0 bridgehead atoms. The molecule has 0 saturated heterocycles. The molecule has 0 atom stereocenters. The predicted molar refractivity (Wildman–Crippen MR) is 83.2 cm³/mol. The van der Waals surface area contributed by atoms with Crippen molar-refractivity contribution in [1.29, 1.82) is 0 Å². The fourth-order valence-electron chi connectivity index (χ4n) is 1.94. The second-order valence-electron chi connectivity index (χ2n) is 5.14. The van der Waals surface area contributed by atoms with E-state index in [4.69, 9.17) is 10.5 Å². The minimum Gasteiger partial charge on any atom is -0.495 e. The van der Waals surface area contributed by atoms with Crippen LogP contribution in [0.3, 0.4) is 0 Å². The summed E-state index contributed by atoms with van der Waals surface area (Å²) in [5.74, 6) is 0.707. The van der Waals surface area contributed by atoms with Crippen LogP contribution in [0.25, 0.3) is 0 Å². The normalized spacial score (nSPS) is 11.3. The third kappa shape index (κ3) is 3.01. The molecule has 0 spiro atoms. The van der Waals surface area contributed by atoms with Crippen LogP contribution in [0.5, 0.6) is 5.75 Å². The van der Waals surface area contributed by atoms with Gasteiger partial charge in [-0.2, -0.15) is 0 Å². The van der Waals surface area contributed by atoms with Gasteiger partial charge in [-0.15, -0.1) is 11.3 Å². The Morgan fingerprint density at radius 3 is 2.68 bits per heavy atom. The smallest absolute Gasteiger partial charge is 0.143 e. The van der Waals surface area contributed by atoms with Crippen LogP contribution < -0.4 is 15.8 Å². The molecule has 2 aromatic rings. The largest absolute Gasteiger partial charge is 0.495 e. The number of nitrogen functional groups attached to an aromatic ring is 1. The van der Waals surface area contributed by atoms with E-state index in [0.717, 1.165) is 12.2 Å². The Hall–Kier alpha value is -1.68. The lowest BCUT2D eigenvalue weighted by Crippen LogP contribution is -2.26. The second-order valence-corrected chi connectivity index (χ2v) is 6.08. The van der Waals surface area contributed by atoms with E-state index in [2.05, 4.69) is 36.7 Å². The Labute approximate surface area is 118 Å². The van der Waals surface area contributed by atoms with Gasteiger partial charge >= 0.3 is 0 Å². The lowest BCUT2D eigenvalue weighted by Gasteiger charge is -2.25. The molecule has 3 N–H and O–H groups in total. The molecule has 0 amide bonds. The summed E-state index contributed by atoms with van der Waals surface area (Å²) in [6.45, 7) is 5.27. The maximum atomic E-state index is 6.06. The highest BCUT2D eigenvalue weighted by molar-refractivity contribution is 7.10. The van der Waals surface area contributed by atoms with Crippen LogP contribution >= 0.6 is 11.3 Å². The first kappa shape index (κ1) is 13.7. The number of para-hydroxylation sites is 1. The van der Waals surface area contributed by atoms with Crippen molar-refractivity contribution in [2.24, 2.45) is 0 Å². The highest BCUT2D eigenvalue weighted by Gasteiger charge is 2.21. The van der Waals surface area contributed by atoms with E-state index < -0.39 is 0 Å². The summed E-state index contributed by atoms with van der Waals surface area (Å²) in [6.07, 6.45) is 0. The van der Waals surface area contributed by atoms with Gasteiger partial charge in [0.05, 0.1) is 18.5 Å². The maximum Gasteiger partial charge on any atom is 0.143 e. The van der Waals surface area contributed by atoms with Crippen LogP contribution in [0.1, 0.15) is 18.7 Å². The summed E-state index contributed by atoms with van der Waals surface area (Å²) in [6, 6.07) is 10.0. The molecular weight excluding hydrogens is 256 g/mol. The lowest BCUT2D eigenvalue weighted by molar-refractivity contribution is 0.417. The molecule has 0 aliphatic heterocycles. The zero-order valence-corrected chi connectivity index (χ0v) is 12.4. The molecule has 4 heteroatoms. The highest BCUT2D eigenvalue weighted by Crippen LogP contribution is 2.32. The molecule has 0 unspecified atom stereocenters. The Bertz CT molecular complexity index is 535. The fourth-order valence-corrected chi connectivity index (χ4v) is 2.80. The monoisotopic (exact) mass is 276 g/mol. The average Bonchev–Trinajstić information content (AvgIpc) is 2.92. The van der Waals surface area contributed by atoms with E-state index in [1.54, 1.807) is 18.4 Å². The summed E-state index contributed by atoms with van der Waals surface area (Å²) >= 11 is 1.78. The maximum absolute atomic E-state index is 6.06. The molecule has 0 saturated carbocycles. The molecule has 1 aromatic heterocycles. The van der Waals surface area contributed by atoms with Crippen LogP contribution in [0.15, 0.2) is 35.7 Å². The van der Waals surface area contributed by atoms with Crippen molar-refractivity contribution >= 4 is 22.7 Å². The lowest BCUT2D eigenvalue weighted by atomic mass is 9.91. The van der Waals surface area contributed by atoms with Gasteiger partial charge < -0.3 is 15.8 Å². The van der Waals surface area contributed by atoms with Gasteiger partial charge in [0.25, 0.3) is 0 Å². The van der Waals surface area contributed by atoms with Crippen LogP contribution in [-0.2, 0) is 5.41 Å². The van der Waals surface area contributed by atoms with Crippen molar-refractivity contribution in [2.75, 3.05) is 24.7 Å². The molecule has 0 aliphatic rings. The van der Waals surface area contributed by atoms with E-state index in [9.17, 15) is 0 Å². The number of rotatable bonds is 5. The fraction of sp³-hybridized carbons (Fsp3) is 0.333. The summed E-state index contributed by atoms with van der Waals surface area (Å²) in [4.78, 5) is 1.36. The van der Waals surface area contributed by atoms with Crippen LogP contribution in [-0.4, -0.2) is 13.7 Å². The minimum atomic E-state index is 0.0731. The average molecular weight is 276 g/mol. The Balaban J connectivity index is 2.11. The number of nitrogens with one attached hydrogen (secondary N) is 1. The van der Waals surface area contributed by atoms with Crippen LogP contribution in [0.2, 0.25) is 0 Å². The summed E-state index contributed by atoms with van der Waals surface area (Å²) < 4.78 is 5.23. The van der Waals surface area contributed by atoms with Gasteiger partial charge in [-0.3, -0.25) is 0 Å². The van der Waals surface area contributed by atoms with Crippen molar-refractivity contribution in [2.45, 2.75) is 19.3 Å². The first-order valence-electron chi connectivity index (χ1n) is 6.25. The number of hydrogen-bond donors (Lipinski definition) is 2. The summed E-state index contributed by atoms with van der Waals surface area (Å²) in [5.41, 5.74) is 7.71. The zero-order valence-electron chi connectivity index (χ0n) is 11.6. The number of anilines is 2. The van der Waals surface area contributed by atoms with Crippen molar-refractivity contribution in [3.05, 3.63) is 40.6 Å². The number of thiophene rings is 1. The van der Waals surface area contributed by atoms with Crippen molar-refractivity contribution in [1.82, 2.24) is 0 Å². The Morgan fingerprint density at radius 1 is 1.26 bits per heavy atom. The number of methoxy groups -OCH3 is 1. The predicted octanol–water partition coefficient (Wildman–Crippen LogP) is 3.73. The summed E-state index contributed by atoms with van der Waals surface area (Å²) in [5, 5.41) is 5.53. The number of hydrogen-bond acceptors (Lipinski definition) is 4. The SMILES string of the molecule is COc1cccc(NCC(C)(C)c2cccs2)c1N. The molecule has 0 radical (unpaired) electrons. The first-order chi connectivity index (χ1) is 9.04. The third-order valence-corrected chi connectivity index (χ3v) is 4.43. The minimum absolute atomic E-state index is 0.0731. The number of benzene rings is 1. The van der Waals surface area contributed by atoms with Crippen molar-refractivity contribution in [3.8, 4) is 5.75 Å². The van der Waals surface area contributed by atoms with E-state index in [1.165, 1.54) is 4.88 Å². The quantitative estimate of drug-likeness (QED) is 0.818. The molecular formula is C15H20N2OS. The Kier molecular flexibility index (Phi) is 4.00. The molecule has 0 fully saturated rings. The summed E-state index contributed by atoms with van der Waals surface area (Å²) in [7, 11) is 1.63. The van der Waals surface area contributed by atoms with Gasteiger partial charge in [0.15, 0.2) is 0 Å². The van der Waals surface area contributed by atoms with Gasteiger partial charge in [-0.05, 0) is 23.6 Å². The van der Waals surface area contributed by atoms with Crippen LogP contribution in [0.4, 0.5) is 11.4 Å². The molecule has 19 heavy (non-hydrogen) atoms. The Morgan fingerprint density at radius 2 is 2.05 bits per heavy atom. The first-order valence-corrected chi connectivity index (χ1v) is 7.13. The highest BCUT2D eigenvalue weighted by atomic mass is 32.1. The van der Waals surface area contributed by atoms with Crippen LogP contribution in [0, 0.1) is 0 Å². The topological polar surface area (TPSA) is 47.3 Å². The van der Waals surface area contributed by atoms with Gasteiger partial charge in [0, 0.05) is 16.8 Å². The number of ether oxygens (including phenoxy) is 1. The standard InChI is InChI=1S/C15H20N2OS/c1-15(2,13-8-5-9-19-13)10-17-11-6-4-7-12(18-3)14(11)16/h4-9,17H,10,16H2,1-3H3. The molecule has 3 nitrogen and oxygen atoms in total. The van der Waals surface area contributed by atoms with E-state index >= 15 is 0 Å². The van der Waals surface area contributed by atoms with Gasteiger partial charge in [-0.1, -0.05) is 26.0 Å². The van der Waals surface area contributed by atoms with Crippen molar-refractivity contribution in [3.63, 3.8) is 0 Å². The van der Waals surface area contributed by atoms with E-state index in [1.807, 2.05) is 18.2 Å². The van der Waals surface area contributed by atoms with Crippen molar-refractivity contribution < 1.29 is 4.74 Å². The van der Waals surface area contributed by atoms with Gasteiger partial charge in [0.1, 0.15) is 5.75 Å². The molecule has 102 valence electrons. The third-order valence-electron chi connectivity index (χ3n) is 3.20.